The van der Waals surface area contributed by atoms with E-state index in [4.69, 9.17) is 11.6 Å². The highest BCUT2D eigenvalue weighted by molar-refractivity contribution is 6.32. The van der Waals surface area contributed by atoms with E-state index in [1.807, 2.05) is 6.07 Å². The van der Waals surface area contributed by atoms with E-state index < -0.39 is 0 Å². The van der Waals surface area contributed by atoms with Gasteiger partial charge in [-0.2, -0.15) is 0 Å². The van der Waals surface area contributed by atoms with Crippen LogP contribution < -0.4 is 5.32 Å². The molecule has 1 N–H and O–H groups in total. The van der Waals surface area contributed by atoms with Crippen LogP contribution in [-0.2, 0) is 0 Å². The Morgan fingerprint density at radius 1 is 1.47 bits per heavy atom. The van der Waals surface area contributed by atoms with Crippen molar-refractivity contribution in [3.05, 3.63) is 23.0 Å². The van der Waals surface area contributed by atoms with Gasteiger partial charge in [-0.15, -0.1) is 0 Å². The standard InChI is InChI=1S/C12H17ClN2/c1-8-3-4-10(7-8)15-11-9(2)5-6-14-12(11)13/h5-6,8,10,15H,3-4,7H2,1-2H3. The van der Waals surface area contributed by atoms with Crippen LogP contribution in [0.3, 0.4) is 0 Å². The minimum absolute atomic E-state index is 0.570. The van der Waals surface area contributed by atoms with Crippen LogP contribution in [0.5, 0.6) is 0 Å². The first-order valence-corrected chi connectivity index (χ1v) is 5.92. The van der Waals surface area contributed by atoms with E-state index in [0.29, 0.717) is 11.2 Å². The average Bonchev–Trinajstić information content (AvgIpc) is 2.58. The van der Waals surface area contributed by atoms with Crippen molar-refractivity contribution < 1.29 is 0 Å². The molecule has 2 nitrogen and oxygen atoms in total. The maximum Gasteiger partial charge on any atom is 0.152 e. The molecular formula is C12H17ClN2. The van der Waals surface area contributed by atoms with Gasteiger partial charge in [-0.3, -0.25) is 0 Å². The molecule has 3 heteroatoms. The van der Waals surface area contributed by atoms with Gasteiger partial charge in [0.05, 0.1) is 5.69 Å². The minimum Gasteiger partial charge on any atom is -0.380 e. The van der Waals surface area contributed by atoms with Crippen molar-refractivity contribution in [2.45, 2.75) is 39.2 Å². The maximum absolute atomic E-state index is 6.07. The number of nitrogens with one attached hydrogen (secondary N) is 1. The highest BCUT2D eigenvalue weighted by Gasteiger charge is 2.22. The first kappa shape index (κ1) is 10.7. The van der Waals surface area contributed by atoms with E-state index >= 15 is 0 Å². The maximum atomic E-state index is 6.07. The lowest BCUT2D eigenvalue weighted by Gasteiger charge is -2.16. The van der Waals surface area contributed by atoms with Crippen LogP contribution in [0.1, 0.15) is 31.7 Å². The number of aryl methyl sites for hydroxylation is 1. The summed E-state index contributed by atoms with van der Waals surface area (Å²) in [5, 5.41) is 4.11. The van der Waals surface area contributed by atoms with E-state index in [1.54, 1.807) is 6.20 Å². The number of aromatic nitrogens is 1. The summed E-state index contributed by atoms with van der Waals surface area (Å²) in [6.07, 6.45) is 5.55. The van der Waals surface area contributed by atoms with Gasteiger partial charge in [-0.05, 0) is 43.7 Å². The molecule has 0 radical (unpaired) electrons. The number of nitrogens with zero attached hydrogens (tertiary/aromatic N) is 1. The molecule has 1 saturated carbocycles. The molecule has 82 valence electrons. The van der Waals surface area contributed by atoms with Gasteiger partial charge in [-0.25, -0.2) is 4.98 Å². The molecule has 15 heavy (non-hydrogen) atoms. The second-order valence-corrected chi connectivity index (χ2v) is 4.91. The van der Waals surface area contributed by atoms with Crippen LogP contribution in [0, 0.1) is 12.8 Å². The molecule has 2 rings (SSSR count). The van der Waals surface area contributed by atoms with E-state index in [2.05, 4.69) is 24.1 Å². The summed E-state index contributed by atoms with van der Waals surface area (Å²) >= 11 is 6.07. The largest absolute Gasteiger partial charge is 0.380 e. The van der Waals surface area contributed by atoms with Crippen LogP contribution in [0.25, 0.3) is 0 Å². The Morgan fingerprint density at radius 2 is 2.27 bits per heavy atom. The van der Waals surface area contributed by atoms with Gasteiger partial charge >= 0.3 is 0 Å². The lowest BCUT2D eigenvalue weighted by atomic mass is 10.1. The van der Waals surface area contributed by atoms with Crippen molar-refractivity contribution in [1.29, 1.82) is 0 Å². The van der Waals surface area contributed by atoms with Crippen molar-refractivity contribution in [1.82, 2.24) is 4.98 Å². The van der Waals surface area contributed by atoms with Crippen LogP contribution in [0.4, 0.5) is 5.69 Å². The van der Waals surface area contributed by atoms with Crippen molar-refractivity contribution >= 4 is 17.3 Å². The van der Waals surface area contributed by atoms with Crippen molar-refractivity contribution in [3.8, 4) is 0 Å². The fourth-order valence-corrected chi connectivity index (χ4v) is 2.50. The summed E-state index contributed by atoms with van der Waals surface area (Å²) in [6.45, 7) is 4.37. The molecule has 2 atom stereocenters. The number of pyridine rings is 1. The van der Waals surface area contributed by atoms with Crippen molar-refractivity contribution in [2.24, 2.45) is 5.92 Å². The summed E-state index contributed by atoms with van der Waals surface area (Å²) in [5.74, 6) is 0.832. The zero-order valence-corrected chi connectivity index (χ0v) is 10.0. The predicted octanol–water partition coefficient (Wildman–Crippen LogP) is 3.64. The lowest BCUT2D eigenvalue weighted by molar-refractivity contribution is 0.602. The highest BCUT2D eigenvalue weighted by Crippen LogP contribution is 2.30. The zero-order valence-electron chi connectivity index (χ0n) is 9.26. The van der Waals surface area contributed by atoms with Gasteiger partial charge in [0.25, 0.3) is 0 Å². The second kappa shape index (κ2) is 4.40. The molecule has 0 spiro atoms. The third-order valence-electron chi connectivity index (χ3n) is 3.16. The molecule has 1 aliphatic rings. The smallest absolute Gasteiger partial charge is 0.152 e. The summed E-state index contributed by atoms with van der Waals surface area (Å²) in [4.78, 5) is 4.10. The first-order chi connectivity index (χ1) is 7.16. The predicted molar refractivity (Wildman–Crippen MR) is 64.4 cm³/mol. The Morgan fingerprint density at radius 3 is 2.87 bits per heavy atom. The fraction of sp³-hybridized carbons (Fsp3) is 0.583. The molecule has 0 aromatic carbocycles. The molecule has 1 aliphatic carbocycles. The van der Waals surface area contributed by atoms with Crippen LogP contribution in [0.15, 0.2) is 12.3 Å². The van der Waals surface area contributed by atoms with E-state index in [0.717, 1.165) is 11.6 Å². The Kier molecular flexibility index (Phi) is 3.15. The fourth-order valence-electron chi connectivity index (χ4n) is 2.24. The Balaban J connectivity index is 2.10. The number of hydrogen-bond acceptors (Lipinski definition) is 2. The minimum atomic E-state index is 0.570. The Bertz CT molecular complexity index is 331. The molecular weight excluding hydrogens is 208 g/mol. The topological polar surface area (TPSA) is 24.9 Å². The Labute approximate surface area is 96.1 Å². The van der Waals surface area contributed by atoms with Gasteiger partial charge < -0.3 is 5.32 Å². The molecule has 2 unspecified atom stereocenters. The first-order valence-electron chi connectivity index (χ1n) is 5.54. The van der Waals surface area contributed by atoms with Crippen LogP contribution in [-0.4, -0.2) is 11.0 Å². The number of hydrogen-bond donors (Lipinski definition) is 1. The zero-order chi connectivity index (χ0) is 10.8. The monoisotopic (exact) mass is 224 g/mol. The summed E-state index contributed by atoms with van der Waals surface area (Å²) < 4.78 is 0. The van der Waals surface area contributed by atoms with Gasteiger partial charge in [0.1, 0.15) is 0 Å². The van der Waals surface area contributed by atoms with Crippen molar-refractivity contribution in [3.63, 3.8) is 0 Å². The molecule has 1 aromatic heterocycles. The normalized spacial score (nSPS) is 25.5. The average molecular weight is 225 g/mol. The van der Waals surface area contributed by atoms with Gasteiger partial charge in [0.15, 0.2) is 5.15 Å². The molecule has 0 bridgehead atoms. The third kappa shape index (κ3) is 2.43. The number of halogens is 1. The summed E-state index contributed by atoms with van der Waals surface area (Å²) in [6, 6.07) is 2.56. The molecule has 0 amide bonds. The Hall–Kier alpha value is -0.760. The van der Waals surface area contributed by atoms with E-state index in [1.165, 1.54) is 24.8 Å². The van der Waals surface area contributed by atoms with Crippen molar-refractivity contribution in [2.75, 3.05) is 5.32 Å². The number of anilines is 1. The van der Waals surface area contributed by atoms with Gasteiger partial charge in [0.2, 0.25) is 0 Å². The van der Waals surface area contributed by atoms with Crippen LogP contribution >= 0.6 is 11.6 Å². The van der Waals surface area contributed by atoms with Gasteiger partial charge in [-0.1, -0.05) is 18.5 Å². The quantitative estimate of drug-likeness (QED) is 0.776. The molecule has 1 fully saturated rings. The second-order valence-electron chi connectivity index (χ2n) is 4.55. The molecule has 0 aliphatic heterocycles. The van der Waals surface area contributed by atoms with Crippen LogP contribution in [0.2, 0.25) is 5.15 Å². The highest BCUT2D eigenvalue weighted by atomic mass is 35.5. The van der Waals surface area contributed by atoms with E-state index in [-0.39, 0.29) is 0 Å². The molecule has 0 saturated heterocycles. The summed E-state index contributed by atoms with van der Waals surface area (Å²) in [5.41, 5.74) is 2.19. The molecule has 1 heterocycles. The number of rotatable bonds is 2. The lowest BCUT2D eigenvalue weighted by Crippen LogP contribution is -2.16. The summed E-state index contributed by atoms with van der Waals surface area (Å²) in [7, 11) is 0. The van der Waals surface area contributed by atoms with Gasteiger partial charge in [0, 0.05) is 12.2 Å². The van der Waals surface area contributed by atoms with E-state index in [9.17, 15) is 0 Å². The molecule has 1 aromatic rings. The third-order valence-corrected chi connectivity index (χ3v) is 3.44. The SMILES string of the molecule is Cc1ccnc(Cl)c1NC1CCC(C)C1.